The highest BCUT2D eigenvalue weighted by Gasteiger charge is 2.10. The topological polar surface area (TPSA) is 64.3 Å². The summed E-state index contributed by atoms with van der Waals surface area (Å²) in [6, 6.07) is 0. The molecule has 0 heterocycles. The standard InChI is InChI=1S/C10H22N2O2/c1-3-14-8-7-12-10(13)9(2)5-4-6-11/h9H,3-8,11H2,1-2H3,(H,12,13). The quantitative estimate of drug-likeness (QED) is 0.564. The minimum Gasteiger partial charge on any atom is -0.380 e. The molecule has 0 aromatic heterocycles. The van der Waals surface area contributed by atoms with Crippen molar-refractivity contribution in [3.63, 3.8) is 0 Å². The van der Waals surface area contributed by atoms with Crippen LogP contribution in [-0.2, 0) is 9.53 Å². The summed E-state index contributed by atoms with van der Waals surface area (Å²) >= 11 is 0. The Balaban J connectivity index is 3.42. The van der Waals surface area contributed by atoms with Gasteiger partial charge in [0.1, 0.15) is 0 Å². The van der Waals surface area contributed by atoms with Crippen molar-refractivity contribution in [1.29, 1.82) is 0 Å². The number of hydrogen-bond acceptors (Lipinski definition) is 3. The number of carbonyl (C=O) groups is 1. The van der Waals surface area contributed by atoms with Crippen LogP contribution in [0.25, 0.3) is 0 Å². The normalized spacial score (nSPS) is 12.5. The first-order valence-electron chi connectivity index (χ1n) is 5.27. The molecule has 0 spiro atoms. The van der Waals surface area contributed by atoms with Crippen molar-refractivity contribution in [3.05, 3.63) is 0 Å². The number of rotatable bonds is 8. The lowest BCUT2D eigenvalue weighted by Crippen LogP contribution is -2.32. The third kappa shape index (κ3) is 6.86. The number of hydrogen-bond donors (Lipinski definition) is 2. The lowest BCUT2D eigenvalue weighted by atomic mass is 10.1. The molecule has 1 atom stereocenters. The summed E-state index contributed by atoms with van der Waals surface area (Å²) in [5.74, 6) is 0.151. The molecule has 84 valence electrons. The number of amides is 1. The maximum absolute atomic E-state index is 11.4. The van der Waals surface area contributed by atoms with Crippen molar-refractivity contribution in [2.45, 2.75) is 26.7 Å². The predicted octanol–water partition coefficient (Wildman–Crippen LogP) is 0.514. The first kappa shape index (κ1) is 13.4. The highest BCUT2D eigenvalue weighted by Crippen LogP contribution is 2.03. The average Bonchev–Trinajstić information content (AvgIpc) is 2.20. The Hall–Kier alpha value is -0.610. The van der Waals surface area contributed by atoms with Gasteiger partial charge < -0.3 is 15.8 Å². The molecule has 14 heavy (non-hydrogen) atoms. The van der Waals surface area contributed by atoms with E-state index in [1.54, 1.807) is 0 Å². The van der Waals surface area contributed by atoms with Gasteiger partial charge in [0, 0.05) is 19.1 Å². The molecule has 3 N–H and O–H groups in total. The summed E-state index contributed by atoms with van der Waals surface area (Å²) in [5, 5.41) is 2.82. The van der Waals surface area contributed by atoms with Crippen LogP contribution in [-0.4, -0.2) is 32.2 Å². The third-order valence-electron chi connectivity index (χ3n) is 2.04. The van der Waals surface area contributed by atoms with Crippen molar-refractivity contribution in [2.75, 3.05) is 26.3 Å². The van der Waals surface area contributed by atoms with Crippen molar-refractivity contribution in [1.82, 2.24) is 5.32 Å². The molecule has 0 aliphatic heterocycles. The Bertz CT molecular complexity index is 151. The molecule has 1 amide bonds. The van der Waals surface area contributed by atoms with Crippen LogP contribution in [0.15, 0.2) is 0 Å². The van der Waals surface area contributed by atoms with Gasteiger partial charge in [0.05, 0.1) is 6.61 Å². The third-order valence-corrected chi connectivity index (χ3v) is 2.04. The van der Waals surface area contributed by atoms with E-state index in [1.807, 2.05) is 13.8 Å². The Morgan fingerprint density at radius 1 is 1.57 bits per heavy atom. The molecule has 0 saturated carbocycles. The second-order valence-corrected chi connectivity index (χ2v) is 3.32. The number of nitrogens with two attached hydrogens (primary N) is 1. The SMILES string of the molecule is CCOCCNC(=O)C(C)CCCN. The Labute approximate surface area is 86.2 Å². The van der Waals surface area contributed by atoms with Crippen LogP contribution >= 0.6 is 0 Å². The molecular formula is C10H22N2O2. The Kier molecular flexibility index (Phi) is 8.57. The zero-order chi connectivity index (χ0) is 10.8. The van der Waals surface area contributed by atoms with Gasteiger partial charge in [0.15, 0.2) is 0 Å². The lowest BCUT2D eigenvalue weighted by Gasteiger charge is -2.11. The van der Waals surface area contributed by atoms with Crippen LogP contribution in [0.3, 0.4) is 0 Å². The zero-order valence-corrected chi connectivity index (χ0v) is 9.21. The maximum atomic E-state index is 11.4. The fourth-order valence-electron chi connectivity index (χ4n) is 1.12. The molecule has 0 fully saturated rings. The zero-order valence-electron chi connectivity index (χ0n) is 9.21. The van der Waals surface area contributed by atoms with E-state index in [1.165, 1.54) is 0 Å². The molecule has 1 unspecified atom stereocenters. The summed E-state index contributed by atoms with van der Waals surface area (Å²) in [6.07, 6.45) is 1.76. The van der Waals surface area contributed by atoms with E-state index < -0.39 is 0 Å². The first-order valence-corrected chi connectivity index (χ1v) is 5.27. The molecule has 0 rings (SSSR count). The monoisotopic (exact) mass is 202 g/mol. The molecule has 4 nitrogen and oxygen atoms in total. The van der Waals surface area contributed by atoms with Gasteiger partial charge >= 0.3 is 0 Å². The molecule has 0 radical (unpaired) electrons. The molecule has 4 heteroatoms. The van der Waals surface area contributed by atoms with E-state index in [0.717, 1.165) is 12.8 Å². The van der Waals surface area contributed by atoms with Crippen LogP contribution in [0.1, 0.15) is 26.7 Å². The first-order chi connectivity index (χ1) is 6.72. The highest BCUT2D eigenvalue weighted by molar-refractivity contribution is 5.78. The minimum absolute atomic E-state index is 0.0557. The summed E-state index contributed by atoms with van der Waals surface area (Å²) < 4.78 is 5.11. The molecule has 0 aromatic rings. The molecule has 0 saturated heterocycles. The summed E-state index contributed by atoms with van der Waals surface area (Å²) in [7, 11) is 0. The second-order valence-electron chi connectivity index (χ2n) is 3.32. The van der Waals surface area contributed by atoms with E-state index >= 15 is 0 Å². The van der Waals surface area contributed by atoms with Crippen LogP contribution < -0.4 is 11.1 Å². The van der Waals surface area contributed by atoms with Crippen molar-refractivity contribution < 1.29 is 9.53 Å². The van der Waals surface area contributed by atoms with Gasteiger partial charge in [-0.25, -0.2) is 0 Å². The van der Waals surface area contributed by atoms with E-state index in [2.05, 4.69) is 5.32 Å². The van der Waals surface area contributed by atoms with Crippen LogP contribution in [0, 0.1) is 5.92 Å². The fraction of sp³-hybridized carbons (Fsp3) is 0.900. The number of carbonyl (C=O) groups excluding carboxylic acids is 1. The largest absolute Gasteiger partial charge is 0.380 e. The van der Waals surface area contributed by atoms with Crippen LogP contribution in [0.2, 0.25) is 0 Å². The maximum Gasteiger partial charge on any atom is 0.222 e. The van der Waals surface area contributed by atoms with Gasteiger partial charge in [-0.3, -0.25) is 4.79 Å². The average molecular weight is 202 g/mol. The summed E-state index contributed by atoms with van der Waals surface area (Å²) in [6.45, 7) is 6.39. The lowest BCUT2D eigenvalue weighted by molar-refractivity contribution is -0.124. The molecule has 0 bridgehead atoms. The van der Waals surface area contributed by atoms with Crippen LogP contribution in [0.4, 0.5) is 0 Å². The fourth-order valence-corrected chi connectivity index (χ4v) is 1.12. The Morgan fingerprint density at radius 3 is 2.86 bits per heavy atom. The van der Waals surface area contributed by atoms with Gasteiger partial charge in [-0.05, 0) is 26.3 Å². The number of nitrogens with one attached hydrogen (secondary N) is 1. The molecule has 0 aliphatic rings. The van der Waals surface area contributed by atoms with Gasteiger partial charge in [0.25, 0.3) is 0 Å². The number of ether oxygens (including phenoxy) is 1. The summed E-state index contributed by atoms with van der Waals surface area (Å²) in [5.41, 5.74) is 5.36. The molecule has 0 aromatic carbocycles. The van der Waals surface area contributed by atoms with E-state index in [0.29, 0.717) is 26.3 Å². The minimum atomic E-state index is 0.0557. The smallest absolute Gasteiger partial charge is 0.222 e. The van der Waals surface area contributed by atoms with Gasteiger partial charge in [-0.2, -0.15) is 0 Å². The molecular weight excluding hydrogens is 180 g/mol. The Morgan fingerprint density at radius 2 is 2.29 bits per heavy atom. The van der Waals surface area contributed by atoms with E-state index in [9.17, 15) is 4.79 Å². The van der Waals surface area contributed by atoms with E-state index in [-0.39, 0.29) is 11.8 Å². The van der Waals surface area contributed by atoms with Crippen molar-refractivity contribution in [3.8, 4) is 0 Å². The highest BCUT2D eigenvalue weighted by atomic mass is 16.5. The van der Waals surface area contributed by atoms with Crippen LogP contribution in [0.5, 0.6) is 0 Å². The van der Waals surface area contributed by atoms with E-state index in [4.69, 9.17) is 10.5 Å². The van der Waals surface area contributed by atoms with Gasteiger partial charge in [0.2, 0.25) is 5.91 Å². The van der Waals surface area contributed by atoms with Gasteiger partial charge in [-0.15, -0.1) is 0 Å². The van der Waals surface area contributed by atoms with Crippen molar-refractivity contribution >= 4 is 5.91 Å². The molecule has 0 aliphatic carbocycles. The second kappa shape index (κ2) is 8.97. The van der Waals surface area contributed by atoms with Crippen molar-refractivity contribution in [2.24, 2.45) is 11.7 Å². The van der Waals surface area contributed by atoms with Gasteiger partial charge in [-0.1, -0.05) is 6.92 Å². The summed E-state index contributed by atoms with van der Waals surface area (Å²) in [4.78, 5) is 11.4. The predicted molar refractivity (Wildman–Crippen MR) is 57.0 cm³/mol.